The second kappa shape index (κ2) is 4.64. The van der Waals surface area contributed by atoms with Crippen molar-refractivity contribution in [3.05, 3.63) is 40.8 Å². The van der Waals surface area contributed by atoms with E-state index in [1.165, 1.54) is 0 Å². The molecule has 0 spiro atoms. The number of hydrogen-bond donors (Lipinski definition) is 1. The van der Waals surface area contributed by atoms with Crippen LogP contribution in [-0.2, 0) is 6.54 Å². The first-order chi connectivity index (χ1) is 8.34. The van der Waals surface area contributed by atoms with Gasteiger partial charge < -0.3 is 0 Å². The summed E-state index contributed by atoms with van der Waals surface area (Å²) in [7, 11) is 0. The molecule has 0 amide bonds. The summed E-state index contributed by atoms with van der Waals surface area (Å²) in [5, 5.41) is 3.32. The molecule has 0 unspecified atom stereocenters. The van der Waals surface area contributed by atoms with Gasteiger partial charge in [-0.3, -0.25) is 0 Å². The summed E-state index contributed by atoms with van der Waals surface area (Å²) in [5.74, 6) is 0.878. The van der Waals surface area contributed by atoms with Gasteiger partial charge in [0.05, 0.1) is 0 Å². The Morgan fingerprint density at radius 1 is 1.29 bits per heavy atom. The van der Waals surface area contributed by atoms with Crippen molar-refractivity contribution in [3.8, 4) is 0 Å². The summed E-state index contributed by atoms with van der Waals surface area (Å²) < 4.78 is 15.1. The zero-order chi connectivity index (χ0) is 11.7. The van der Waals surface area contributed by atoms with E-state index in [0.717, 1.165) is 27.3 Å². The number of furan rings is 1. The van der Waals surface area contributed by atoms with Gasteiger partial charge in [0, 0.05) is 0 Å². The van der Waals surface area contributed by atoms with Crippen molar-refractivity contribution < 1.29 is 4.42 Å². The standard InChI is InChI=1S/C11H8BrN3OSe/c12-7-4-5-16-10(7)6-13-8-2-1-3-9-11(8)15-17-14-9/h1-5,13H,6H2. The molecule has 0 saturated carbocycles. The number of nitrogens with one attached hydrogen (secondary N) is 1. The number of anilines is 1. The maximum absolute atomic E-state index is 5.35. The zero-order valence-corrected chi connectivity index (χ0v) is 12.0. The molecule has 0 radical (unpaired) electrons. The maximum atomic E-state index is 5.35. The molecular formula is C11H8BrN3OSe. The van der Waals surface area contributed by atoms with Crippen LogP contribution in [0.4, 0.5) is 17.1 Å². The third-order valence-electron chi connectivity index (χ3n) is 2.42. The van der Waals surface area contributed by atoms with E-state index >= 15 is 0 Å². The summed E-state index contributed by atoms with van der Waals surface area (Å²) in [5.41, 5.74) is 2.96. The van der Waals surface area contributed by atoms with Gasteiger partial charge in [0.25, 0.3) is 0 Å². The molecule has 0 fully saturated rings. The van der Waals surface area contributed by atoms with Gasteiger partial charge in [0.15, 0.2) is 0 Å². The molecule has 0 saturated heterocycles. The van der Waals surface area contributed by atoms with Gasteiger partial charge in [0.2, 0.25) is 0 Å². The van der Waals surface area contributed by atoms with Crippen LogP contribution in [0.1, 0.15) is 5.76 Å². The SMILES string of the molecule is Brc1ccoc1CNc1cccc2c1N=[Se]=N2. The Morgan fingerprint density at radius 2 is 2.24 bits per heavy atom. The average Bonchev–Trinajstić information content (AvgIpc) is 2.95. The molecule has 1 aliphatic rings. The fraction of sp³-hybridized carbons (Fsp3) is 0.0909. The number of benzene rings is 1. The summed E-state index contributed by atoms with van der Waals surface area (Å²) in [6.45, 7) is 0.632. The molecule has 6 heteroatoms. The second-order valence-electron chi connectivity index (χ2n) is 3.48. The third-order valence-corrected chi connectivity index (χ3v) is 4.26. The van der Waals surface area contributed by atoms with Gasteiger partial charge >= 0.3 is 113 Å². The van der Waals surface area contributed by atoms with Crippen LogP contribution in [0.2, 0.25) is 0 Å². The van der Waals surface area contributed by atoms with Gasteiger partial charge in [-0.05, 0) is 0 Å². The molecule has 86 valence electrons. The normalized spacial score (nSPS) is 12.3. The van der Waals surface area contributed by atoms with Gasteiger partial charge in [-0.2, -0.15) is 0 Å². The topological polar surface area (TPSA) is 49.9 Å². The third kappa shape index (κ3) is 2.16. The van der Waals surface area contributed by atoms with Gasteiger partial charge in [-0.1, -0.05) is 0 Å². The van der Waals surface area contributed by atoms with Crippen LogP contribution in [-0.4, -0.2) is 14.6 Å². The van der Waals surface area contributed by atoms with Gasteiger partial charge in [-0.25, -0.2) is 0 Å². The van der Waals surface area contributed by atoms with Crippen molar-refractivity contribution in [2.75, 3.05) is 5.32 Å². The Morgan fingerprint density at radius 3 is 3.06 bits per heavy atom. The Bertz CT molecular complexity index is 631. The van der Waals surface area contributed by atoms with E-state index < -0.39 is 0 Å². The molecule has 3 rings (SSSR count). The molecular weight excluding hydrogens is 349 g/mol. The number of nitrogens with zero attached hydrogens (tertiary/aromatic N) is 2. The van der Waals surface area contributed by atoms with Crippen LogP contribution in [0.15, 0.2) is 47.3 Å². The number of rotatable bonds is 3. The van der Waals surface area contributed by atoms with E-state index in [1.54, 1.807) is 6.26 Å². The van der Waals surface area contributed by atoms with E-state index in [0.29, 0.717) is 6.54 Å². The average molecular weight is 357 g/mol. The Balaban J connectivity index is 1.81. The first-order valence-electron chi connectivity index (χ1n) is 5.01. The van der Waals surface area contributed by atoms with Crippen molar-refractivity contribution in [2.45, 2.75) is 6.54 Å². The first kappa shape index (κ1) is 11.0. The van der Waals surface area contributed by atoms with Crippen LogP contribution in [0.5, 0.6) is 0 Å². The van der Waals surface area contributed by atoms with Gasteiger partial charge in [0.1, 0.15) is 0 Å². The minimum atomic E-state index is 0.00534. The van der Waals surface area contributed by atoms with E-state index in [9.17, 15) is 0 Å². The van der Waals surface area contributed by atoms with Crippen LogP contribution < -0.4 is 5.32 Å². The summed E-state index contributed by atoms with van der Waals surface area (Å²) in [6.07, 6.45) is 1.67. The van der Waals surface area contributed by atoms with E-state index in [-0.39, 0.29) is 14.6 Å². The monoisotopic (exact) mass is 357 g/mol. The molecule has 4 nitrogen and oxygen atoms in total. The Hall–Kier alpha value is -1.10. The molecule has 1 aliphatic heterocycles. The van der Waals surface area contributed by atoms with Crippen molar-refractivity contribution in [2.24, 2.45) is 7.92 Å². The van der Waals surface area contributed by atoms with Crippen LogP contribution in [0.3, 0.4) is 0 Å². The number of halogens is 1. The fourth-order valence-corrected chi connectivity index (χ4v) is 3.07. The van der Waals surface area contributed by atoms with E-state index in [4.69, 9.17) is 4.42 Å². The molecule has 0 aliphatic carbocycles. The molecule has 17 heavy (non-hydrogen) atoms. The molecule has 2 heterocycles. The van der Waals surface area contributed by atoms with Crippen molar-refractivity contribution in [3.63, 3.8) is 0 Å². The molecule has 1 aromatic heterocycles. The number of hydrogen-bond acceptors (Lipinski definition) is 4. The summed E-state index contributed by atoms with van der Waals surface area (Å²) in [4.78, 5) is 0. The molecule has 0 bridgehead atoms. The minimum absolute atomic E-state index is 0.00534. The quantitative estimate of drug-likeness (QED) is 0.721. The van der Waals surface area contributed by atoms with Crippen molar-refractivity contribution in [1.29, 1.82) is 0 Å². The fourth-order valence-electron chi connectivity index (χ4n) is 1.58. The van der Waals surface area contributed by atoms with E-state index in [1.807, 2.05) is 24.3 Å². The zero-order valence-electron chi connectivity index (χ0n) is 8.68. The summed E-state index contributed by atoms with van der Waals surface area (Å²) >= 11 is 3.43. The van der Waals surface area contributed by atoms with Crippen molar-refractivity contribution in [1.82, 2.24) is 0 Å². The molecule has 1 aromatic carbocycles. The molecule has 2 aromatic rings. The predicted octanol–water partition coefficient (Wildman–Crippen LogP) is 4.00. The van der Waals surface area contributed by atoms with Crippen LogP contribution >= 0.6 is 15.9 Å². The first-order valence-corrected chi connectivity index (χ1v) is 7.34. The predicted molar refractivity (Wildman–Crippen MR) is 70.1 cm³/mol. The summed E-state index contributed by atoms with van der Waals surface area (Å²) in [6, 6.07) is 7.87. The second-order valence-corrected chi connectivity index (χ2v) is 5.45. The van der Waals surface area contributed by atoms with Crippen molar-refractivity contribution >= 4 is 47.6 Å². The van der Waals surface area contributed by atoms with Gasteiger partial charge in [-0.15, -0.1) is 0 Å². The van der Waals surface area contributed by atoms with E-state index in [2.05, 4.69) is 29.2 Å². The Kier molecular flexibility index (Phi) is 3.01. The van der Waals surface area contributed by atoms with Crippen LogP contribution in [0, 0.1) is 0 Å². The van der Waals surface area contributed by atoms with Crippen LogP contribution in [0.25, 0.3) is 0 Å². The molecule has 0 atom stereocenters. The molecule has 1 N–H and O–H groups in total. The Labute approximate surface area is 112 Å². The number of fused-ring (bicyclic) bond motifs is 1.